The average Bonchev–Trinajstić information content (AvgIpc) is 1.36. The average molecular weight is 233 g/mol. The van der Waals surface area contributed by atoms with Crippen LogP contribution in [-0.2, 0) is 0 Å². The molecular weight excluding hydrogens is 222 g/mol. The van der Waals surface area contributed by atoms with Gasteiger partial charge in [0.1, 0.15) is 0 Å². The van der Waals surface area contributed by atoms with Gasteiger partial charge in [0.05, 0.1) is 3.74 Å². The monoisotopic (exact) mass is 231 g/mol. The van der Waals surface area contributed by atoms with Gasteiger partial charge in [-0.25, -0.2) is 0 Å². The van der Waals surface area contributed by atoms with E-state index in [-0.39, 0.29) is 6.15 Å². The minimum Gasteiger partial charge on any atom is -0.344 e. The Morgan fingerprint density at radius 3 is 1.29 bits per heavy atom. The fraction of sp³-hybridized carbons (Fsp3) is 1.00. The third kappa shape index (κ3) is 6.92. The van der Waals surface area contributed by atoms with Crippen LogP contribution in [0.2, 0.25) is 0 Å². The highest BCUT2D eigenvalue weighted by Gasteiger charge is 2.00. The molecule has 0 rings (SSSR count). The Bertz CT molecular complexity index is 30.7. The third-order valence-electron chi connectivity index (χ3n) is 0.504. The van der Waals surface area contributed by atoms with E-state index in [1.54, 1.807) is 0 Å². The highest BCUT2D eigenvalue weighted by molar-refractivity contribution is 9.24. The molecule has 0 saturated carbocycles. The molecule has 0 aromatic heterocycles. The fourth-order valence-electron chi connectivity index (χ4n) is 0. The van der Waals surface area contributed by atoms with Gasteiger partial charge in [-0.2, -0.15) is 0 Å². The lowest BCUT2D eigenvalue weighted by atomic mass is 10.3. The number of hydrogen-bond acceptors (Lipinski definition) is 1. The van der Waals surface area contributed by atoms with Crippen LogP contribution in [0.15, 0.2) is 0 Å². The molecule has 0 aromatic carbocycles. The van der Waals surface area contributed by atoms with Crippen molar-refractivity contribution < 1.29 is 0 Å². The van der Waals surface area contributed by atoms with Crippen LogP contribution in [0.1, 0.15) is 13.8 Å². The predicted octanol–water partition coefficient (Wildman–Crippen LogP) is 2.92. The van der Waals surface area contributed by atoms with Crippen molar-refractivity contribution in [1.29, 1.82) is 0 Å². The van der Waals surface area contributed by atoms with Crippen LogP contribution in [0.25, 0.3) is 0 Å². The van der Waals surface area contributed by atoms with Crippen molar-refractivity contribution >= 4 is 31.9 Å². The Morgan fingerprint density at radius 2 is 1.29 bits per heavy atom. The molecule has 0 aliphatic carbocycles. The first kappa shape index (κ1) is 10.8. The minimum atomic E-state index is 0. The van der Waals surface area contributed by atoms with Gasteiger partial charge in [0.15, 0.2) is 0 Å². The highest BCUT2D eigenvalue weighted by atomic mass is 79.9. The van der Waals surface area contributed by atoms with E-state index in [0.29, 0.717) is 9.65 Å². The van der Waals surface area contributed by atoms with Crippen molar-refractivity contribution in [2.24, 2.45) is 5.92 Å². The van der Waals surface area contributed by atoms with Crippen molar-refractivity contribution in [3.8, 4) is 0 Å². The number of hydrogen-bond donors (Lipinski definition) is 1. The number of halogens is 2. The second kappa shape index (κ2) is 5.06. The molecule has 7 heavy (non-hydrogen) atoms. The summed E-state index contributed by atoms with van der Waals surface area (Å²) in [6.45, 7) is 4.29. The molecule has 0 aromatic rings. The maximum atomic E-state index is 3.36. The quantitative estimate of drug-likeness (QED) is 0.694. The second-order valence-electron chi connectivity index (χ2n) is 1.58. The predicted molar refractivity (Wildman–Crippen MR) is 41.5 cm³/mol. The van der Waals surface area contributed by atoms with E-state index in [2.05, 4.69) is 45.7 Å². The molecule has 3 heteroatoms. The molecule has 3 N–H and O–H groups in total. The maximum absolute atomic E-state index is 3.36. The lowest BCUT2D eigenvalue weighted by Crippen LogP contribution is -1.94. The van der Waals surface area contributed by atoms with E-state index in [4.69, 9.17) is 0 Å². The zero-order chi connectivity index (χ0) is 5.15. The summed E-state index contributed by atoms with van der Waals surface area (Å²) in [6.07, 6.45) is 0. The SMILES string of the molecule is CC(C)C(Br)Br.N. The summed E-state index contributed by atoms with van der Waals surface area (Å²) in [5.41, 5.74) is 0. The van der Waals surface area contributed by atoms with Crippen molar-refractivity contribution in [2.75, 3.05) is 0 Å². The second-order valence-corrected chi connectivity index (χ2v) is 4.78. The van der Waals surface area contributed by atoms with Crippen LogP contribution in [0.3, 0.4) is 0 Å². The molecule has 0 aliphatic heterocycles. The molecule has 0 atom stereocenters. The van der Waals surface area contributed by atoms with E-state index in [0.717, 1.165) is 0 Å². The summed E-state index contributed by atoms with van der Waals surface area (Å²) < 4.78 is 0.477. The Balaban J connectivity index is 0. The first-order valence-electron chi connectivity index (χ1n) is 1.92. The molecule has 0 radical (unpaired) electrons. The van der Waals surface area contributed by atoms with Gasteiger partial charge >= 0.3 is 0 Å². The molecule has 0 saturated heterocycles. The Kier molecular flexibility index (Phi) is 7.83. The van der Waals surface area contributed by atoms with E-state index >= 15 is 0 Å². The van der Waals surface area contributed by atoms with E-state index < -0.39 is 0 Å². The van der Waals surface area contributed by atoms with E-state index in [1.165, 1.54) is 0 Å². The Labute approximate surface area is 61.7 Å². The number of rotatable bonds is 1. The molecule has 0 spiro atoms. The summed E-state index contributed by atoms with van der Waals surface area (Å²) in [5, 5.41) is 0. The topological polar surface area (TPSA) is 35.0 Å². The highest BCUT2D eigenvalue weighted by Crippen LogP contribution is 2.17. The molecule has 0 heterocycles. The van der Waals surface area contributed by atoms with Crippen LogP contribution >= 0.6 is 31.9 Å². The summed E-state index contributed by atoms with van der Waals surface area (Å²) >= 11 is 6.71. The Morgan fingerprint density at radius 1 is 1.14 bits per heavy atom. The standard InChI is InChI=1S/C4H8Br2.H3N/c1-3(2)4(5)6;/h3-4H,1-2H3;1H3. The van der Waals surface area contributed by atoms with Gasteiger partial charge in [-0.3, -0.25) is 0 Å². The van der Waals surface area contributed by atoms with Gasteiger partial charge < -0.3 is 6.15 Å². The minimum absolute atomic E-state index is 0. The first-order valence-corrected chi connectivity index (χ1v) is 3.76. The normalized spacial score (nSPS) is 9.43. The maximum Gasteiger partial charge on any atom is 0.0720 e. The van der Waals surface area contributed by atoms with Crippen molar-refractivity contribution in [3.05, 3.63) is 0 Å². The van der Waals surface area contributed by atoms with Gasteiger partial charge in [-0.1, -0.05) is 45.7 Å². The van der Waals surface area contributed by atoms with Gasteiger partial charge in [0.25, 0.3) is 0 Å². The molecule has 0 bridgehead atoms. The molecule has 0 amide bonds. The van der Waals surface area contributed by atoms with Crippen molar-refractivity contribution in [3.63, 3.8) is 0 Å². The number of alkyl halides is 2. The summed E-state index contributed by atoms with van der Waals surface area (Å²) in [5.74, 6) is 0.685. The van der Waals surface area contributed by atoms with Crippen LogP contribution in [0.5, 0.6) is 0 Å². The van der Waals surface area contributed by atoms with E-state index in [1.807, 2.05) is 0 Å². The molecule has 1 nitrogen and oxygen atoms in total. The molecule has 46 valence electrons. The van der Waals surface area contributed by atoms with Gasteiger partial charge in [-0.15, -0.1) is 0 Å². The Hall–Kier alpha value is 0.920. The fourth-order valence-corrected chi connectivity index (χ4v) is 0. The van der Waals surface area contributed by atoms with Crippen LogP contribution < -0.4 is 6.15 Å². The van der Waals surface area contributed by atoms with Gasteiger partial charge in [-0.05, 0) is 5.92 Å². The molecular formula is C4H11Br2N. The van der Waals surface area contributed by atoms with Crippen LogP contribution in [0, 0.1) is 5.92 Å². The molecule has 0 fully saturated rings. The lowest BCUT2D eigenvalue weighted by Gasteiger charge is -2.01. The molecule has 0 aliphatic rings. The zero-order valence-electron chi connectivity index (χ0n) is 4.62. The first-order chi connectivity index (χ1) is 2.64. The molecule has 0 unspecified atom stereocenters. The van der Waals surface area contributed by atoms with Gasteiger partial charge in [0.2, 0.25) is 0 Å². The van der Waals surface area contributed by atoms with Crippen molar-refractivity contribution in [2.45, 2.75) is 17.6 Å². The summed E-state index contributed by atoms with van der Waals surface area (Å²) in [4.78, 5) is 0. The summed E-state index contributed by atoms with van der Waals surface area (Å²) in [6, 6.07) is 0. The third-order valence-corrected chi connectivity index (χ3v) is 2.62. The van der Waals surface area contributed by atoms with Crippen molar-refractivity contribution in [1.82, 2.24) is 6.15 Å². The van der Waals surface area contributed by atoms with Crippen LogP contribution in [0.4, 0.5) is 0 Å². The zero-order valence-corrected chi connectivity index (χ0v) is 7.79. The largest absolute Gasteiger partial charge is 0.344 e. The smallest absolute Gasteiger partial charge is 0.0720 e. The lowest BCUT2D eigenvalue weighted by molar-refractivity contribution is 0.734. The van der Waals surface area contributed by atoms with Gasteiger partial charge in [0, 0.05) is 0 Å². The van der Waals surface area contributed by atoms with Crippen LogP contribution in [-0.4, -0.2) is 3.74 Å². The van der Waals surface area contributed by atoms with E-state index in [9.17, 15) is 0 Å². The summed E-state index contributed by atoms with van der Waals surface area (Å²) in [7, 11) is 0.